The van der Waals surface area contributed by atoms with Gasteiger partial charge >= 0.3 is 0 Å². The predicted octanol–water partition coefficient (Wildman–Crippen LogP) is 4.29. The number of rotatable bonds is 8. The summed E-state index contributed by atoms with van der Waals surface area (Å²) < 4.78 is 27.3. The van der Waals surface area contributed by atoms with Crippen molar-refractivity contribution in [2.24, 2.45) is 0 Å². The molecule has 3 aromatic carbocycles. The molecule has 3 atom stereocenters. The van der Waals surface area contributed by atoms with Gasteiger partial charge in [0.15, 0.2) is 0 Å². The molecule has 1 aliphatic carbocycles. The zero-order valence-corrected chi connectivity index (χ0v) is 18.7. The topological polar surface area (TPSA) is 61.4 Å². The molecule has 1 aliphatic rings. The highest BCUT2D eigenvalue weighted by Crippen LogP contribution is 2.43. The van der Waals surface area contributed by atoms with Crippen LogP contribution in [0.3, 0.4) is 0 Å². The Hall–Kier alpha value is -3.09. The van der Waals surface area contributed by atoms with Gasteiger partial charge in [-0.15, -0.1) is 0 Å². The monoisotopic (exact) mass is 450 g/mol. The van der Waals surface area contributed by atoms with Crippen molar-refractivity contribution < 1.29 is 18.7 Å². The highest BCUT2D eigenvalue weighted by Gasteiger charge is 2.30. The molecule has 6 heteroatoms. The Morgan fingerprint density at radius 3 is 2.36 bits per heavy atom. The van der Waals surface area contributed by atoms with Crippen LogP contribution in [-0.4, -0.2) is 29.7 Å². The van der Waals surface area contributed by atoms with Crippen molar-refractivity contribution in [1.29, 1.82) is 0 Å². The first-order chi connectivity index (χ1) is 15.9. The molecule has 33 heavy (non-hydrogen) atoms. The average molecular weight is 451 g/mol. The summed E-state index contributed by atoms with van der Waals surface area (Å²) in [5.41, 5.74) is 6.23. The second-order valence-electron chi connectivity index (χ2n) is 8.56. The molecule has 0 aliphatic heterocycles. The van der Waals surface area contributed by atoms with E-state index < -0.39 is 23.8 Å². The number of fused-ring (bicyclic) bond motifs is 3. The lowest BCUT2D eigenvalue weighted by Crippen LogP contribution is -2.48. The molecule has 0 saturated carbocycles. The SMILES string of the molecule is CCc1ccc2c(c1)C(NC[C@@H](O)[C@H](Cc1cc(F)cc(F)c1)NC(C)=O)c1ccccc1-2. The van der Waals surface area contributed by atoms with E-state index >= 15 is 0 Å². The van der Waals surface area contributed by atoms with E-state index in [0.29, 0.717) is 5.56 Å². The molecule has 0 fully saturated rings. The fraction of sp³-hybridized carbons (Fsp3) is 0.296. The van der Waals surface area contributed by atoms with Crippen molar-refractivity contribution in [3.63, 3.8) is 0 Å². The van der Waals surface area contributed by atoms with Crippen molar-refractivity contribution in [2.45, 2.75) is 44.9 Å². The summed E-state index contributed by atoms with van der Waals surface area (Å²) in [5.74, 6) is -1.70. The number of halogens is 2. The normalized spacial score (nSPS) is 16.1. The molecule has 172 valence electrons. The van der Waals surface area contributed by atoms with Gasteiger partial charge in [-0.2, -0.15) is 0 Å². The van der Waals surface area contributed by atoms with Crippen molar-refractivity contribution in [3.8, 4) is 11.1 Å². The molecular formula is C27H28F2N2O2. The number of carbonyl (C=O) groups excluding carboxylic acids is 1. The van der Waals surface area contributed by atoms with Crippen molar-refractivity contribution in [3.05, 3.63) is 94.6 Å². The molecule has 1 amide bonds. The molecule has 0 spiro atoms. The molecule has 0 bridgehead atoms. The number of aliphatic hydroxyl groups is 1. The van der Waals surface area contributed by atoms with E-state index in [2.05, 4.69) is 47.9 Å². The molecule has 3 aromatic rings. The van der Waals surface area contributed by atoms with Crippen molar-refractivity contribution in [2.75, 3.05) is 6.54 Å². The number of amides is 1. The Bertz CT molecular complexity index is 1140. The molecule has 0 heterocycles. The minimum absolute atomic E-state index is 0.0954. The third-order valence-electron chi connectivity index (χ3n) is 6.16. The molecule has 4 rings (SSSR count). The van der Waals surface area contributed by atoms with Crippen LogP contribution in [0, 0.1) is 11.6 Å². The van der Waals surface area contributed by atoms with E-state index in [1.54, 1.807) is 0 Å². The lowest BCUT2D eigenvalue weighted by atomic mass is 9.99. The Morgan fingerprint density at radius 2 is 1.67 bits per heavy atom. The van der Waals surface area contributed by atoms with Gasteiger partial charge in [0, 0.05) is 19.5 Å². The predicted molar refractivity (Wildman–Crippen MR) is 125 cm³/mol. The summed E-state index contributed by atoms with van der Waals surface area (Å²) in [6.45, 7) is 3.66. The van der Waals surface area contributed by atoms with E-state index in [-0.39, 0.29) is 24.9 Å². The van der Waals surface area contributed by atoms with Crippen LogP contribution in [0.5, 0.6) is 0 Å². The second kappa shape index (κ2) is 9.81. The van der Waals surface area contributed by atoms with Crippen LogP contribution in [0.1, 0.15) is 42.1 Å². The molecule has 4 nitrogen and oxygen atoms in total. The summed E-state index contributed by atoms with van der Waals surface area (Å²) >= 11 is 0. The number of hydrogen-bond donors (Lipinski definition) is 3. The Kier molecular flexibility index (Phi) is 6.86. The minimum Gasteiger partial charge on any atom is -0.390 e. The maximum atomic E-state index is 13.6. The zero-order chi connectivity index (χ0) is 23.5. The highest BCUT2D eigenvalue weighted by atomic mass is 19.1. The third-order valence-corrected chi connectivity index (χ3v) is 6.16. The molecule has 1 unspecified atom stereocenters. The molecule has 0 saturated heterocycles. The number of nitrogens with one attached hydrogen (secondary N) is 2. The van der Waals surface area contributed by atoms with Crippen LogP contribution in [0.2, 0.25) is 0 Å². The fourth-order valence-electron chi connectivity index (χ4n) is 4.61. The minimum atomic E-state index is -0.967. The fourth-order valence-corrected chi connectivity index (χ4v) is 4.61. The average Bonchev–Trinajstić information content (AvgIpc) is 3.09. The van der Waals surface area contributed by atoms with Gasteiger partial charge in [0.05, 0.1) is 18.2 Å². The standard InChI is InChI=1S/C27H28F2N2O2/c1-3-17-8-9-22-21-6-4-5-7-23(21)27(24(22)12-17)30-15-26(33)25(31-16(2)32)13-18-10-19(28)14-20(29)11-18/h4-12,14,25-27,30,33H,3,13,15H2,1-2H3,(H,31,32)/t25-,26+,27?/m0/s1. The van der Waals surface area contributed by atoms with Gasteiger partial charge in [-0.05, 0) is 58.4 Å². The third kappa shape index (κ3) is 5.13. The van der Waals surface area contributed by atoms with Gasteiger partial charge in [0.1, 0.15) is 11.6 Å². The first-order valence-electron chi connectivity index (χ1n) is 11.2. The maximum absolute atomic E-state index is 13.6. The summed E-state index contributed by atoms with van der Waals surface area (Å²) in [7, 11) is 0. The van der Waals surface area contributed by atoms with Crippen LogP contribution in [0.15, 0.2) is 60.7 Å². The van der Waals surface area contributed by atoms with Crippen LogP contribution in [0.4, 0.5) is 8.78 Å². The number of hydrogen-bond acceptors (Lipinski definition) is 3. The lowest BCUT2D eigenvalue weighted by molar-refractivity contribution is -0.120. The van der Waals surface area contributed by atoms with Crippen LogP contribution in [0.25, 0.3) is 11.1 Å². The zero-order valence-electron chi connectivity index (χ0n) is 18.7. The molecule has 0 aromatic heterocycles. The largest absolute Gasteiger partial charge is 0.390 e. The van der Waals surface area contributed by atoms with E-state index in [1.165, 1.54) is 30.2 Å². The van der Waals surface area contributed by atoms with E-state index in [0.717, 1.165) is 29.2 Å². The van der Waals surface area contributed by atoms with E-state index in [1.807, 2.05) is 12.1 Å². The van der Waals surface area contributed by atoms with E-state index in [4.69, 9.17) is 0 Å². The first kappa shape index (κ1) is 23.1. The smallest absolute Gasteiger partial charge is 0.217 e. The van der Waals surface area contributed by atoms with E-state index in [9.17, 15) is 18.7 Å². The Morgan fingerprint density at radius 1 is 0.970 bits per heavy atom. The van der Waals surface area contributed by atoms with Crippen molar-refractivity contribution in [1.82, 2.24) is 10.6 Å². The van der Waals surface area contributed by atoms with Gasteiger partial charge < -0.3 is 15.7 Å². The van der Waals surface area contributed by atoms with Crippen LogP contribution < -0.4 is 10.6 Å². The van der Waals surface area contributed by atoms with Gasteiger partial charge in [0.2, 0.25) is 5.91 Å². The maximum Gasteiger partial charge on any atom is 0.217 e. The summed E-state index contributed by atoms with van der Waals surface area (Å²) in [6, 6.07) is 17.1. The van der Waals surface area contributed by atoms with Gasteiger partial charge in [-0.25, -0.2) is 8.78 Å². The lowest BCUT2D eigenvalue weighted by Gasteiger charge is -2.26. The quantitative estimate of drug-likeness (QED) is 0.480. The van der Waals surface area contributed by atoms with Gasteiger partial charge in [0.25, 0.3) is 0 Å². The number of carbonyl (C=O) groups is 1. The molecule has 0 radical (unpaired) electrons. The summed E-state index contributed by atoms with van der Waals surface area (Å²) in [6.07, 6.45) is 0.0636. The molecule has 3 N–H and O–H groups in total. The summed E-state index contributed by atoms with van der Waals surface area (Å²) in [4.78, 5) is 11.8. The van der Waals surface area contributed by atoms with Gasteiger partial charge in [-0.3, -0.25) is 4.79 Å². The van der Waals surface area contributed by atoms with Crippen molar-refractivity contribution >= 4 is 5.91 Å². The number of aliphatic hydroxyl groups excluding tert-OH is 1. The highest BCUT2D eigenvalue weighted by molar-refractivity contribution is 5.79. The Labute approximate surface area is 192 Å². The summed E-state index contributed by atoms with van der Waals surface area (Å²) in [5, 5.41) is 17.1. The van der Waals surface area contributed by atoms with Crippen LogP contribution >= 0.6 is 0 Å². The Balaban J connectivity index is 1.54. The number of benzene rings is 3. The second-order valence-corrected chi connectivity index (χ2v) is 8.56. The first-order valence-corrected chi connectivity index (χ1v) is 11.2. The molecular weight excluding hydrogens is 422 g/mol. The number of aryl methyl sites for hydroxylation is 1. The van der Waals surface area contributed by atoms with Crippen LogP contribution in [-0.2, 0) is 17.6 Å². The van der Waals surface area contributed by atoms with Gasteiger partial charge in [-0.1, -0.05) is 49.4 Å².